The fourth-order valence-corrected chi connectivity index (χ4v) is 2.61. The van der Waals surface area contributed by atoms with Crippen molar-refractivity contribution in [3.8, 4) is 0 Å². The van der Waals surface area contributed by atoms with E-state index in [1.807, 2.05) is 23.1 Å². The van der Waals surface area contributed by atoms with Gasteiger partial charge in [0.25, 0.3) is 0 Å². The van der Waals surface area contributed by atoms with Crippen LogP contribution in [0.2, 0.25) is 5.15 Å². The van der Waals surface area contributed by atoms with Crippen LogP contribution in [-0.2, 0) is 6.42 Å². The number of aryl methyl sites for hydroxylation is 1. The molecule has 0 spiro atoms. The number of rotatable bonds is 2. The Bertz CT molecular complexity index is 630. The molecule has 0 saturated heterocycles. The van der Waals surface area contributed by atoms with Gasteiger partial charge in [0.2, 0.25) is 0 Å². The van der Waals surface area contributed by atoms with Gasteiger partial charge in [-0.1, -0.05) is 29.8 Å². The van der Waals surface area contributed by atoms with Gasteiger partial charge in [0, 0.05) is 12.2 Å². The molecular weight excluding hydrogens is 262 g/mol. The molecule has 3 rings (SSSR count). The molecule has 0 amide bonds. The standard InChI is InChI=1S/C14H12ClN3O/c15-13-11(8-19)14(17-9-16-13)18-7-3-5-10-4-1-2-6-12(10)18/h1-2,4,6,8-9H,3,5,7H2. The highest BCUT2D eigenvalue weighted by atomic mass is 35.5. The van der Waals surface area contributed by atoms with E-state index in [0.717, 1.165) is 31.4 Å². The van der Waals surface area contributed by atoms with Crippen LogP contribution >= 0.6 is 11.6 Å². The van der Waals surface area contributed by atoms with E-state index in [0.29, 0.717) is 11.4 Å². The first-order valence-electron chi connectivity index (χ1n) is 6.12. The average Bonchev–Trinajstić information content (AvgIpc) is 2.46. The van der Waals surface area contributed by atoms with Crippen LogP contribution in [0.15, 0.2) is 30.6 Å². The van der Waals surface area contributed by atoms with Crippen molar-refractivity contribution in [2.24, 2.45) is 0 Å². The minimum absolute atomic E-state index is 0.197. The van der Waals surface area contributed by atoms with E-state index in [1.54, 1.807) is 0 Å². The number of hydrogen-bond acceptors (Lipinski definition) is 4. The number of fused-ring (bicyclic) bond motifs is 1. The van der Waals surface area contributed by atoms with Crippen LogP contribution in [0.5, 0.6) is 0 Å². The van der Waals surface area contributed by atoms with E-state index in [1.165, 1.54) is 11.9 Å². The number of halogens is 1. The van der Waals surface area contributed by atoms with Crippen LogP contribution in [0.4, 0.5) is 11.5 Å². The third-order valence-electron chi connectivity index (χ3n) is 3.30. The highest BCUT2D eigenvalue weighted by molar-refractivity contribution is 6.32. The molecule has 19 heavy (non-hydrogen) atoms. The highest BCUT2D eigenvalue weighted by Crippen LogP contribution is 2.34. The zero-order chi connectivity index (χ0) is 13.2. The maximum absolute atomic E-state index is 11.2. The van der Waals surface area contributed by atoms with E-state index in [-0.39, 0.29) is 5.15 Å². The van der Waals surface area contributed by atoms with Crippen molar-refractivity contribution < 1.29 is 4.79 Å². The molecule has 0 saturated carbocycles. The van der Waals surface area contributed by atoms with Crippen molar-refractivity contribution in [2.75, 3.05) is 11.4 Å². The first kappa shape index (κ1) is 12.1. The predicted molar refractivity (Wildman–Crippen MR) is 74.2 cm³/mol. The number of aldehydes is 1. The summed E-state index contributed by atoms with van der Waals surface area (Å²) in [6.07, 6.45) is 4.18. The number of aromatic nitrogens is 2. The lowest BCUT2D eigenvalue weighted by atomic mass is 10.0. The van der Waals surface area contributed by atoms with Crippen LogP contribution in [0, 0.1) is 0 Å². The molecule has 0 atom stereocenters. The molecule has 96 valence electrons. The fraction of sp³-hybridized carbons (Fsp3) is 0.214. The fourth-order valence-electron chi connectivity index (χ4n) is 2.44. The predicted octanol–water partition coefficient (Wildman–Crippen LogP) is 3.03. The second kappa shape index (κ2) is 4.97. The van der Waals surface area contributed by atoms with E-state index >= 15 is 0 Å². The van der Waals surface area contributed by atoms with Gasteiger partial charge in [-0.2, -0.15) is 0 Å². The molecular formula is C14H12ClN3O. The van der Waals surface area contributed by atoms with Gasteiger partial charge in [-0.25, -0.2) is 9.97 Å². The zero-order valence-corrected chi connectivity index (χ0v) is 11.0. The quantitative estimate of drug-likeness (QED) is 0.623. The second-order valence-electron chi connectivity index (χ2n) is 4.40. The summed E-state index contributed by atoms with van der Waals surface area (Å²) in [5, 5.41) is 0.197. The first-order valence-corrected chi connectivity index (χ1v) is 6.50. The first-order chi connectivity index (χ1) is 9.31. The van der Waals surface area contributed by atoms with Crippen molar-refractivity contribution in [3.63, 3.8) is 0 Å². The van der Waals surface area contributed by atoms with E-state index in [9.17, 15) is 4.79 Å². The summed E-state index contributed by atoms with van der Waals surface area (Å²) in [6.45, 7) is 0.825. The van der Waals surface area contributed by atoms with E-state index in [2.05, 4.69) is 16.0 Å². The van der Waals surface area contributed by atoms with Crippen LogP contribution in [0.1, 0.15) is 22.3 Å². The van der Waals surface area contributed by atoms with Gasteiger partial charge < -0.3 is 4.90 Å². The SMILES string of the molecule is O=Cc1c(Cl)ncnc1N1CCCc2ccccc21. The second-order valence-corrected chi connectivity index (χ2v) is 4.76. The molecule has 4 nitrogen and oxygen atoms in total. The Kier molecular flexibility index (Phi) is 3.17. The lowest BCUT2D eigenvalue weighted by Crippen LogP contribution is -2.26. The summed E-state index contributed by atoms with van der Waals surface area (Å²) in [5.74, 6) is 0.585. The molecule has 0 unspecified atom stereocenters. The van der Waals surface area contributed by atoms with Crippen molar-refractivity contribution >= 4 is 29.4 Å². The van der Waals surface area contributed by atoms with Crippen molar-refractivity contribution in [3.05, 3.63) is 46.9 Å². The molecule has 2 heterocycles. The Hall–Kier alpha value is -1.94. The molecule has 1 aromatic heterocycles. The van der Waals surface area contributed by atoms with Gasteiger partial charge in [-0.05, 0) is 24.5 Å². The van der Waals surface area contributed by atoms with Crippen LogP contribution in [0.25, 0.3) is 0 Å². The van der Waals surface area contributed by atoms with Gasteiger partial charge >= 0.3 is 0 Å². The number of carbonyl (C=O) groups is 1. The summed E-state index contributed by atoms with van der Waals surface area (Å²) in [6, 6.07) is 8.15. The minimum atomic E-state index is 0.197. The van der Waals surface area contributed by atoms with Gasteiger partial charge in [-0.15, -0.1) is 0 Å². The van der Waals surface area contributed by atoms with Gasteiger partial charge in [-0.3, -0.25) is 4.79 Å². The summed E-state index contributed by atoms with van der Waals surface area (Å²) in [7, 11) is 0. The Balaban J connectivity index is 2.14. The van der Waals surface area contributed by atoms with Gasteiger partial charge in [0.15, 0.2) is 6.29 Å². The topological polar surface area (TPSA) is 46.1 Å². The summed E-state index contributed by atoms with van der Waals surface area (Å²) in [5.41, 5.74) is 2.70. The van der Waals surface area contributed by atoms with Gasteiger partial charge in [0.05, 0.1) is 5.56 Å². The summed E-state index contributed by atoms with van der Waals surface area (Å²) in [4.78, 5) is 21.3. The Morgan fingerprint density at radius 3 is 2.95 bits per heavy atom. The minimum Gasteiger partial charge on any atom is -0.325 e. The number of nitrogens with zero attached hydrogens (tertiary/aromatic N) is 3. The molecule has 1 aromatic carbocycles. The maximum Gasteiger partial charge on any atom is 0.156 e. The Morgan fingerprint density at radius 2 is 2.11 bits per heavy atom. The summed E-state index contributed by atoms with van der Waals surface area (Å²) >= 11 is 5.97. The number of carbonyl (C=O) groups excluding carboxylic acids is 1. The normalized spacial score (nSPS) is 14.1. The molecule has 0 radical (unpaired) electrons. The molecule has 0 aliphatic carbocycles. The smallest absolute Gasteiger partial charge is 0.156 e. The molecule has 5 heteroatoms. The Morgan fingerprint density at radius 1 is 1.26 bits per heavy atom. The molecule has 0 bridgehead atoms. The third-order valence-corrected chi connectivity index (χ3v) is 3.60. The molecule has 2 aromatic rings. The highest BCUT2D eigenvalue weighted by Gasteiger charge is 2.22. The number of benzene rings is 1. The molecule has 1 aliphatic rings. The lowest BCUT2D eigenvalue weighted by Gasteiger charge is -2.31. The van der Waals surface area contributed by atoms with Crippen LogP contribution in [-0.4, -0.2) is 22.8 Å². The van der Waals surface area contributed by atoms with Crippen molar-refractivity contribution in [1.82, 2.24) is 9.97 Å². The van der Waals surface area contributed by atoms with Crippen LogP contribution in [0.3, 0.4) is 0 Å². The summed E-state index contributed by atoms with van der Waals surface area (Å²) < 4.78 is 0. The number of para-hydroxylation sites is 1. The molecule has 1 aliphatic heterocycles. The molecule has 0 N–H and O–H groups in total. The maximum atomic E-state index is 11.2. The molecule has 0 fully saturated rings. The lowest BCUT2D eigenvalue weighted by molar-refractivity contribution is 0.112. The zero-order valence-electron chi connectivity index (χ0n) is 10.2. The average molecular weight is 274 g/mol. The van der Waals surface area contributed by atoms with E-state index < -0.39 is 0 Å². The van der Waals surface area contributed by atoms with E-state index in [4.69, 9.17) is 11.6 Å². The number of hydrogen-bond donors (Lipinski definition) is 0. The van der Waals surface area contributed by atoms with Crippen molar-refractivity contribution in [2.45, 2.75) is 12.8 Å². The van der Waals surface area contributed by atoms with Crippen LogP contribution < -0.4 is 4.90 Å². The van der Waals surface area contributed by atoms with Gasteiger partial charge in [0.1, 0.15) is 17.3 Å². The third kappa shape index (κ3) is 2.08. The van der Waals surface area contributed by atoms with Crippen molar-refractivity contribution in [1.29, 1.82) is 0 Å². The number of anilines is 2. The Labute approximate surface area is 116 Å². The largest absolute Gasteiger partial charge is 0.325 e. The monoisotopic (exact) mass is 273 g/mol.